The number of rotatable bonds is 12. The van der Waals surface area contributed by atoms with E-state index in [2.05, 4.69) is 15.6 Å². The summed E-state index contributed by atoms with van der Waals surface area (Å²) in [5, 5.41) is 36.7. The number of nitrogens with one attached hydrogen (secondary N) is 3. The van der Waals surface area contributed by atoms with Crippen molar-refractivity contribution in [3.63, 3.8) is 0 Å². The van der Waals surface area contributed by atoms with E-state index in [-0.39, 0.29) is 30.0 Å². The third kappa shape index (κ3) is 7.17. The smallest absolute Gasteiger partial charge is 0.405 e. The standard InChI is InChI=1S/C34H33N3O7/c1-43-30-16-21(20-44-25-9-5-8-23(17-25)32(37-34(41)42)22-6-3-2-4-7-22)10-11-24(30)18-35-19-29(39)26-12-14-28(38)33-27(26)13-15-31(40)36-33/h2-17,29,32,35,37-39H,18-20H2,1H3,(H,36,40)(H,41,42)/t29-,32-/m0/s1. The van der Waals surface area contributed by atoms with Crippen molar-refractivity contribution in [3.05, 3.63) is 135 Å². The molecule has 5 rings (SSSR count). The van der Waals surface area contributed by atoms with E-state index in [9.17, 15) is 24.9 Å². The molecular weight excluding hydrogens is 562 g/mol. The highest BCUT2D eigenvalue weighted by molar-refractivity contribution is 5.87. The zero-order valence-electron chi connectivity index (χ0n) is 24.0. The summed E-state index contributed by atoms with van der Waals surface area (Å²) in [7, 11) is 1.59. The highest BCUT2D eigenvalue weighted by atomic mass is 16.5. The molecule has 0 radical (unpaired) electrons. The van der Waals surface area contributed by atoms with E-state index in [0.717, 1.165) is 22.3 Å². The Bertz CT molecular complexity index is 1810. The maximum atomic E-state index is 11.7. The molecule has 10 heteroatoms. The van der Waals surface area contributed by atoms with Gasteiger partial charge in [-0.05, 0) is 52.6 Å². The molecule has 10 nitrogen and oxygen atoms in total. The van der Waals surface area contributed by atoms with Gasteiger partial charge >= 0.3 is 6.09 Å². The number of carbonyl (C=O) groups is 1. The van der Waals surface area contributed by atoms with Crippen molar-refractivity contribution >= 4 is 17.0 Å². The normalized spacial score (nSPS) is 12.4. The quantitative estimate of drug-likeness (QED) is 0.118. The van der Waals surface area contributed by atoms with Gasteiger partial charge in [0.2, 0.25) is 5.56 Å². The van der Waals surface area contributed by atoms with Crippen LogP contribution in [0.1, 0.15) is 40.0 Å². The van der Waals surface area contributed by atoms with Gasteiger partial charge in [0.25, 0.3) is 0 Å². The molecule has 5 aromatic rings. The number of aromatic hydroxyl groups is 1. The Hall–Kier alpha value is -5.32. The first kappa shape index (κ1) is 30.1. The van der Waals surface area contributed by atoms with Gasteiger partial charge in [0.15, 0.2) is 0 Å². The lowest BCUT2D eigenvalue weighted by Gasteiger charge is -2.19. The average molecular weight is 596 g/mol. The molecule has 0 bridgehead atoms. The van der Waals surface area contributed by atoms with Crippen LogP contribution in [0.25, 0.3) is 10.9 Å². The first-order valence-electron chi connectivity index (χ1n) is 14.0. The lowest BCUT2D eigenvalue weighted by atomic mass is 9.98. The number of aliphatic hydroxyl groups excluding tert-OH is 1. The topological polar surface area (TPSA) is 153 Å². The van der Waals surface area contributed by atoms with Gasteiger partial charge < -0.3 is 40.4 Å². The number of H-pyrrole nitrogens is 1. The van der Waals surface area contributed by atoms with Gasteiger partial charge in [0.05, 0.1) is 24.8 Å². The fourth-order valence-corrected chi connectivity index (χ4v) is 5.11. The number of hydrogen-bond donors (Lipinski definition) is 6. The van der Waals surface area contributed by atoms with Crippen molar-refractivity contribution in [1.82, 2.24) is 15.6 Å². The number of amides is 1. The van der Waals surface area contributed by atoms with Crippen LogP contribution in [0.4, 0.5) is 4.79 Å². The molecule has 0 saturated carbocycles. The Balaban J connectivity index is 1.22. The summed E-state index contributed by atoms with van der Waals surface area (Å²) < 4.78 is 11.7. The SMILES string of the molecule is COc1cc(COc2cccc([C@@H](NC(=O)O)c3ccccc3)c2)ccc1CNC[C@H](O)c1ccc(O)c2[nH]c(=O)ccc12. The third-order valence-corrected chi connectivity index (χ3v) is 7.27. The lowest BCUT2D eigenvalue weighted by molar-refractivity contribution is 0.175. The summed E-state index contributed by atoms with van der Waals surface area (Å²) >= 11 is 0. The minimum absolute atomic E-state index is 0.0605. The summed E-state index contributed by atoms with van der Waals surface area (Å²) in [5.41, 5.74) is 3.87. The van der Waals surface area contributed by atoms with E-state index < -0.39 is 18.2 Å². The number of phenolic OH excluding ortho intramolecular Hbond substituents is 1. The molecular formula is C34H33N3O7. The van der Waals surface area contributed by atoms with Crippen LogP contribution in [0.5, 0.6) is 17.2 Å². The van der Waals surface area contributed by atoms with Crippen molar-refractivity contribution in [2.75, 3.05) is 13.7 Å². The van der Waals surface area contributed by atoms with E-state index in [1.165, 1.54) is 12.1 Å². The maximum Gasteiger partial charge on any atom is 0.405 e. The van der Waals surface area contributed by atoms with Crippen molar-refractivity contribution in [3.8, 4) is 17.2 Å². The largest absolute Gasteiger partial charge is 0.506 e. The van der Waals surface area contributed by atoms with Crippen molar-refractivity contribution in [2.45, 2.75) is 25.3 Å². The molecule has 1 heterocycles. The fourth-order valence-electron chi connectivity index (χ4n) is 5.11. The second kappa shape index (κ2) is 13.8. The predicted molar refractivity (Wildman–Crippen MR) is 166 cm³/mol. The van der Waals surface area contributed by atoms with Crippen LogP contribution in [-0.4, -0.2) is 40.1 Å². The Morgan fingerprint density at radius 2 is 1.73 bits per heavy atom. The average Bonchev–Trinajstić information content (AvgIpc) is 3.03. The van der Waals surface area contributed by atoms with E-state index in [0.29, 0.717) is 29.0 Å². The van der Waals surface area contributed by atoms with Crippen LogP contribution in [0.15, 0.2) is 102 Å². The molecule has 1 aromatic heterocycles. The number of aromatic amines is 1. The predicted octanol–water partition coefficient (Wildman–Crippen LogP) is 5.00. The van der Waals surface area contributed by atoms with E-state index in [1.54, 1.807) is 19.2 Å². The first-order chi connectivity index (χ1) is 21.3. The number of aliphatic hydroxyl groups is 1. The Kier molecular flexibility index (Phi) is 9.43. The van der Waals surface area contributed by atoms with Crippen molar-refractivity contribution in [1.29, 1.82) is 0 Å². The molecule has 44 heavy (non-hydrogen) atoms. The fraction of sp³-hybridized carbons (Fsp3) is 0.176. The molecule has 1 amide bonds. The zero-order valence-corrected chi connectivity index (χ0v) is 24.0. The second-order valence-electron chi connectivity index (χ2n) is 10.2. The second-order valence-corrected chi connectivity index (χ2v) is 10.2. The summed E-state index contributed by atoms with van der Waals surface area (Å²) in [6.07, 6.45) is -2.00. The molecule has 4 aromatic carbocycles. The first-order valence-corrected chi connectivity index (χ1v) is 14.0. The molecule has 0 fully saturated rings. The number of ether oxygens (including phenoxy) is 2. The molecule has 2 atom stereocenters. The van der Waals surface area contributed by atoms with Crippen LogP contribution in [0, 0.1) is 0 Å². The zero-order chi connectivity index (χ0) is 31.1. The molecule has 6 N–H and O–H groups in total. The van der Waals surface area contributed by atoms with Crippen molar-refractivity contribution < 1.29 is 29.6 Å². The summed E-state index contributed by atoms with van der Waals surface area (Å²) in [6.45, 7) is 0.919. The van der Waals surface area contributed by atoms with Crippen LogP contribution in [0.2, 0.25) is 0 Å². The third-order valence-electron chi connectivity index (χ3n) is 7.27. The molecule has 226 valence electrons. The number of benzene rings is 4. The number of methoxy groups -OCH3 is 1. The van der Waals surface area contributed by atoms with Crippen LogP contribution >= 0.6 is 0 Å². The number of aromatic nitrogens is 1. The van der Waals surface area contributed by atoms with Gasteiger partial charge in [-0.25, -0.2) is 4.79 Å². The Morgan fingerprint density at radius 3 is 2.50 bits per heavy atom. The Morgan fingerprint density at radius 1 is 0.932 bits per heavy atom. The number of carboxylic acid groups (broad SMARTS) is 1. The number of phenols is 1. The van der Waals surface area contributed by atoms with Gasteiger partial charge in [-0.1, -0.05) is 60.7 Å². The minimum atomic E-state index is -1.12. The lowest BCUT2D eigenvalue weighted by Crippen LogP contribution is -2.27. The van der Waals surface area contributed by atoms with Gasteiger partial charge in [-0.2, -0.15) is 0 Å². The molecule has 0 aliphatic rings. The monoisotopic (exact) mass is 595 g/mol. The molecule has 0 aliphatic heterocycles. The molecule has 0 spiro atoms. The van der Waals surface area contributed by atoms with Gasteiger partial charge in [-0.3, -0.25) is 4.79 Å². The highest BCUT2D eigenvalue weighted by Gasteiger charge is 2.17. The van der Waals surface area contributed by atoms with Crippen LogP contribution in [0.3, 0.4) is 0 Å². The summed E-state index contributed by atoms with van der Waals surface area (Å²) in [5.74, 6) is 1.19. The summed E-state index contributed by atoms with van der Waals surface area (Å²) in [6, 6.07) is 27.9. The molecule has 0 unspecified atom stereocenters. The van der Waals surface area contributed by atoms with Gasteiger partial charge in [0, 0.05) is 30.1 Å². The van der Waals surface area contributed by atoms with E-state index in [4.69, 9.17) is 9.47 Å². The minimum Gasteiger partial charge on any atom is -0.506 e. The molecule has 0 aliphatic carbocycles. The Labute approximate surface area is 253 Å². The highest BCUT2D eigenvalue weighted by Crippen LogP contribution is 2.29. The van der Waals surface area contributed by atoms with Crippen molar-refractivity contribution in [2.24, 2.45) is 0 Å². The van der Waals surface area contributed by atoms with E-state index in [1.807, 2.05) is 72.8 Å². The van der Waals surface area contributed by atoms with E-state index >= 15 is 0 Å². The van der Waals surface area contributed by atoms with Gasteiger partial charge in [-0.15, -0.1) is 0 Å². The number of hydrogen-bond acceptors (Lipinski definition) is 7. The van der Waals surface area contributed by atoms with Gasteiger partial charge in [0.1, 0.15) is 23.9 Å². The van der Waals surface area contributed by atoms with Crippen LogP contribution in [-0.2, 0) is 13.2 Å². The summed E-state index contributed by atoms with van der Waals surface area (Å²) in [4.78, 5) is 25.8. The number of pyridine rings is 1. The number of fused-ring (bicyclic) bond motifs is 1. The molecule has 0 saturated heterocycles. The van der Waals surface area contributed by atoms with Crippen LogP contribution < -0.4 is 25.7 Å². The maximum absolute atomic E-state index is 11.7.